The molecule has 0 saturated carbocycles. The Balaban J connectivity index is 1.18. The van der Waals surface area contributed by atoms with Crippen LogP contribution in [-0.2, 0) is 58.9 Å². The second-order valence-corrected chi connectivity index (χ2v) is 23.5. The molecule has 482 valence electrons. The van der Waals surface area contributed by atoms with Gasteiger partial charge >= 0.3 is 12.1 Å². The van der Waals surface area contributed by atoms with Gasteiger partial charge in [0.05, 0.1) is 38.0 Å². The van der Waals surface area contributed by atoms with Crippen LogP contribution < -0.4 is 46.7 Å². The van der Waals surface area contributed by atoms with E-state index in [0.717, 1.165) is 20.9 Å². The summed E-state index contributed by atoms with van der Waals surface area (Å²) >= 11 is 6.86. The van der Waals surface area contributed by atoms with Crippen molar-refractivity contribution in [2.75, 3.05) is 58.7 Å². The number of halogens is 1. The van der Waals surface area contributed by atoms with Gasteiger partial charge in [-0.25, -0.2) is 9.59 Å². The second kappa shape index (κ2) is 30.6. The van der Waals surface area contributed by atoms with Gasteiger partial charge in [0.25, 0.3) is 17.7 Å². The van der Waals surface area contributed by atoms with Crippen LogP contribution >= 0.6 is 11.6 Å². The van der Waals surface area contributed by atoms with Gasteiger partial charge in [0.2, 0.25) is 23.6 Å². The number of esters is 1. The fourth-order valence-corrected chi connectivity index (χ4v) is 11.1. The van der Waals surface area contributed by atoms with Crippen molar-refractivity contribution < 1.29 is 81.8 Å². The number of epoxide rings is 1. The highest BCUT2D eigenvalue weighted by Crippen LogP contribution is 2.49. The molecule has 4 heterocycles. The predicted molar refractivity (Wildman–Crippen MR) is 322 cm³/mol. The number of fused-ring (bicyclic) bond motifs is 5. The summed E-state index contributed by atoms with van der Waals surface area (Å²) in [4.78, 5) is 125. The highest BCUT2D eigenvalue weighted by Gasteiger charge is 2.64. The summed E-state index contributed by atoms with van der Waals surface area (Å²) in [7, 11) is 7.03. The Labute approximate surface area is 517 Å². The average Bonchev–Trinajstić information content (AvgIpc) is 1.85. The number of benzene rings is 2. The molecule has 0 aliphatic carbocycles. The van der Waals surface area contributed by atoms with Crippen LogP contribution in [-0.4, -0.2) is 182 Å². The fraction of sp³-hybridized carbons (Fsp3) is 0.557. The Morgan fingerprint density at radius 3 is 2.30 bits per heavy atom. The molecular weight excluding hydrogens is 1170 g/mol. The highest BCUT2D eigenvalue weighted by atomic mass is 35.5. The monoisotopic (exact) mass is 1250 g/mol. The number of alkyl carbamates (subject to hydrolysis) is 1. The summed E-state index contributed by atoms with van der Waals surface area (Å²) in [6.45, 7) is 10.6. The molecule has 27 heteroatoms. The van der Waals surface area contributed by atoms with Crippen molar-refractivity contribution in [3.63, 3.8) is 0 Å². The number of rotatable bonds is 24. The topological polar surface area (TPSA) is 349 Å². The van der Waals surface area contributed by atoms with Crippen LogP contribution in [0.4, 0.5) is 16.2 Å². The molecule has 1 unspecified atom stereocenters. The zero-order valence-electron chi connectivity index (χ0n) is 51.6. The summed E-state index contributed by atoms with van der Waals surface area (Å²) in [5.41, 5.74) is 4.18. The number of carbonyl (C=O) groups is 9. The number of unbranched alkanes of at least 4 members (excludes halogenated alkanes) is 2. The summed E-state index contributed by atoms with van der Waals surface area (Å²) < 4.78 is 35.2. The maximum atomic E-state index is 14.5. The zero-order valence-corrected chi connectivity index (χ0v) is 52.4. The number of likely N-dealkylation sites (N-methyl/N-ethyl adjacent to an activating group) is 1. The maximum absolute atomic E-state index is 14.5. The number of imide groups is 1. The third-order valence-electron chi connectivity index (χ3n) is 16.3. The fourth-order valence-electron chi connectivity index (χ4n) is 10.8. The first-order valence-corrected chi connectivity index (χ1v) is 29.6. The minimum absolute atomic E-state index is 0.0118. The largest absolute Gasteiger partial charge is 0.496 e. The van der Waals surface area contributed by atoms with Crippen molar-refractivity contribution in [2.45, 2.75) is 160 Å². The number of nitrogens with zero attached hydrogens (tertiary/aromatic N) is 3. The number of amides is 8. The van der Waals surface area contributed by atoms with E-state index in [1.54, 1.807) is 52.0 Å². The van der Waals surface area contributed by atoms with E-state index in [1.807, 2.05) is 13.0 Å². The van der Waals surface area contributed by atoms with Crippen molar-refractivity contribution in [3.8, 4) is 11.5 Å². The van der Waals surface area contributed by atoms with Crippen LogP contribution in [0.1, 0.15) is 109 Å². The number of hydrogen-bond donors (Lipinski definition) is 8. The van der Waals surface area contributed by atoms with E-state index in [2.05, 4.69) is 26.6 Å². The van der Waals surface area contributed by atoms with E-state index >= 15 is 0 Å². The minimum atomic E-state index is -1.92. The average molecular weight is 1250 g/mol. The lowest BCUT2D eigenvalue weighted by atomic mass is 9.83. The molecule has 0 radical (unpaired) electrons. The zero-order chi connectivity index (χ0) is 64.9. The van der Waals surface area contributed by atoms with Gasteiger partial charge in [0.15, 0.2) is 12.1 Å². The Hall–Kier alpha value is -7.46. The highest BCUT2D eigenvalue weighted by molar-refractivity contribution is 6.35. The Bertz CT molecular complexity index is 3010. The third-order valence-corrected chi connectivity index (χ3v) is 16.6. The third kappa shape index (κ3) is 17.4. The van der Waals surface area contributed by atoms with Crippen molar-refractivity contribution in [2.24, 2.45) is 17.6 Å². The van der Waals surface area contributed by atoms with Gasteiger partial charge in [0, 0.05) is 70.4 Å². The molecule has 0 aromatic heterocycles. The van der Waals surface area contributed by atoms with Gasteiger partial charge < -0.3 is 64.4 Å². The number of methoxy groups -OCH3 is 3. The van der Waals surface area contributed by atoms with Gasteiger partial charge in [0.1, 0.15) is 58.6 Å². The van der Waals surface area contributed by atoms with Crippen molar-refractivity contribution >= 4 is 76.4 Å². The lowest BCUT2D eigenvalue weighted by molar-refractivity contribution is -0.158. The van der Waals surface area contributed by atoms with E-state index in [9.17, 15) is 53.4 Å². The van der Waals surface area contributed by atoms with E-state index in [1.165, 1.54) is 77.6 Å². The number of allylic oxidation sites excluding steroid dienone is 3. The molecule has 11 atom stereocenters. The number of aliphatic hydroxyl groups excluding tert-OH is 1. The summed E-state index contributed by atoms with van der Waals surface area (Å²) in [5.74, 6) is -5.44. The minimum Gasteiger partial charge on any atom is -0.496 e. The molecule has 2 fully saturated rings. The van der Waals surface area contributed by atoms with Crippen LogP contribution in [0.15, 0.2) is 66.3 Å². The van der Waals surface area contributed by atoms with Gasteiger partial charge in [-0.1, -0.05) is 62.6 Å². The van der Waals surface area contributed by atoms with Gasteiger partial charge in [-0.05, 0) is 95.2 Å². The van der Waals surface area contributed by atoms with E-state index in [0.29, 0.717) is 37.1 Å². The molecule has 2 aromatic rings. The molecule has 4 bridgehead atoms. The number of aliphatic hydroxyl groups is 2. The number of nitrogens with two attached hydrogens (primary N) is 1. The Morgan fingerprint density at radius 1 is 0.955 bits per heavy atom. The summed E-state index contributed by atoms with van der Waals surface area (Å²) in [6, 6.07) is 4.12. The summed E-state index contributed by atoms with van der Waals surface area (Å²) in [5, 5.41) is 35.1. The Morgan fingerprint density at radius 2 is 1.65 bits per heavy atom. The second-order valence-electron chi connectivity index (χ2n) is 23.1. The number of nitrogens with one attached hydrogen (secondary N) is 5. The molecule has 26 nitrogen and oxygen atoms in total. The van der Waals surface area contributed by atoms with E-state index in [-0.39, 0.29) is 72.6 Å². The quantitative estimate of drug-likeness (QED) is 0.0245. The lowest BCUT2D eigenvalue weighted by Gasteiger charge is -2.42. The maximum Gasteiger partial charge on any atom is 0.409 e. The molecule has 88 heavy (non-hydrogen) atoms. The van der Waals surface area contributed by atoms with Crippen LogP contribution in [0.5, 0.6) is 11.5 Å². The Kier molecular flexibility index (Phi) is 24.2. The van der Waals surface area contributed by atoms with Crippen LogP contribution in [0.25, 0.3) is 0 Å². The van der Waals surface area contributed by atoms with Crippen molar-refractivity contribution in [3.05, 3.63) is 82.4 Å². The van der Waals surface area contributed by atoms with Crippen LogP contribution in [0.2, 0.25) is 5.02 Å². The SMILES string of the molecule is COc1cc(NC(=O)[C@H](CCCNC(N)O)NC(=O)[C@@H](NC(=O)CCCCCN2C(=O)C=CC2=O)C(C)C)ccc1C(=O)N(C)[C@@H](C)C(=O)O[C@H]1CC(=O)N(C)c2cc(cc(OC)c2Cl)C/C(C)=C/C=C/[C@@H](OC)[C@@]2(O)C[C@H](OC(=O)N2)[C@@H](C)[C@@H]2O[C@@]12C. The van der Waals surface area contributed by atoms with Crippen LogP contribution in [0, 0.1) is 11.8 Å². The van der Waals surface area contributed by atoms with E-state index < -0.39 is 120 Å². The predicted octanol–water partition coefficient (Wildman–Crippen LogP) is 3.49. The molecule has 4 aliphatic rings. The number of ether oxygens (including phenoxy) is 6. The standard InChI is InChI=1S/C61H84ClN9O17/c1-33(2)52(67-47(72)20-13-12-14-26-71-48(73)23-24-49(71)74)55(77)66-40(18-16-25-64-58(63)80)54(76)65-38-21-22-39(42(30-38)83-9)56(78)69(7)36(5)57(79)87-46-31-50(75)70(8)41-28-37(29-43(84-10)51(41)62)27-34(3)17-15-19-45(85-11)61(82)32-44(86-59(81)68-61)35(4)53-60(46,6)88-53/h15,17,19,21-24,28-30,33,35-36,40,44-46,52-53,58,64,80,82H,12-14,16,18,20,25-27,31-32,63H2,1-11H3,(H,65,76)(H,66,77)(H,67,72)(H,68,81)/b19-15+,34-17+/t35-,36+,40+,44+,45-,46+,52+,53+,58?,60+,61+/m1/s1. The van der Waals surface area contributed by atoms with Crippen molar-refractivity contribution in [1.82, 2.24) is 31.1 Å². The molecule has 4 aliphatic heterocycles. The molecule has 2 saturated heterocycles. The molecule has 9 N–H and O–H groups in total. The first kappa shape index (κ1) is 69.6. The molecule has 6 rings (SSSR count). The molecule has 8 amide bonds. The molecule has 0 spiro atoms. The molecular formula is C61H84ClN9O17. The van der Waals surface area contributed by atoms with Gasteiger partial charge in [-0.3, -0.25) is 54.8 Å². The van der Waals surface area contributed by atoms with Gasteiger partial charge in [-0.15, -0.1) is 0 Å². The first-order valence-electron chi connectivity index (χ1n) is 29.2. The lowest BCUT2D eigenvalue weighted by Crippen LogP contribution is -2.63. The van der Waals surface area contributed by atoms with E-state index in [4.69, 9.17) is 45.8 Å². The first-order chi connectivity index (χ1) is 41.5. The number of carbonyl (C=O) groups excluding carboxylic acids is 9. The summed E-state index contributed by atoms with van der Waals surface area (Å²) in [6.07, 6.45) is 2.82. The molecule has 2 aromatic carbocycles. The normalized spacial score (nSPS) is 25.2. The number of anilines is 2. The smallest absolute Gasteiger partial charge is 0.409 e. The van der Waals surface area contributed by atoms with Gasteiger partial charge in [-0.2, -0.15) is 0 Å². The van der Waals surface area contributed by atoms with Crippen LogP contribution in [0.3, 0.4) is 0 Å². The van der Waals surface area contributed by atoms with Crippen molar-refractivity contribution in [1.29, 1.82) is 0 Å². The number of hydrogen-bond acceptors (Lipinski definition) is 19.